The average Bonchev–Trinajstić information content (AvgIpc) is 2.91. The van der Waals surface area contributed by atoms with Crippen LogP contribution in [0.4, 0.5) is 0 Å². The quantitative estimate of drug-likeness (QED) is 0.0631. The third-order valence-electron chi connectivity index (χ3n) is 7.89. The van der Waals surface area contributed by atoms with Crippen LogP contribution in [0.1, 0.15) is 166 Å². The molecule has 0 heterocycles. The summed E-state index contributed by atoms with van der Waals surface area (Å²) in [6, 6.07) is 0. The van der Waals surface area contributed by atoms with Crippen molar-refractivity contribution in [2.45, 2.75) is 166 Å². The minimum Gasteiger partial charge on any atom is -0.759 e. The topological polar surface area (TPSA) is 80.3 Å². The van der Waals surface area contributed by atoms with E-state index >= 15 is 0 Å². The van der Waals surface area contributed by atoms with Crippen LogP contribution in [0.2, 0.25) is 0 Å². The van der Waals surface area contributed by atoms with E-state index < -0.39 is 10.4 Å². The number of nitrogens with zero attached hydrogens (tertiary/aromatic N) is 2. The van der Waals surface area contributed by atoms with Gasteiger partial charge in [0.1, 0.15) is 0 Å². The molecule has 0 aromatic heterocycles. The van der Waals surface area contributed by atoms with Gasteiger partial charge in [0, 0.05) is 10.4 Å². The van der Waals surface area contributed by atoms with Crippen LogP contribution in [0.15, 0.2) is 0 Å². The fraction of sp³-hybridized carbons (Fsp3) is 1.00. The van der Waals surface area contributed by atoms with E-state index in [0.29, 0.717) is 0 Å². The molecular weight excluding hydrogens is 520 g/mol. The number of hydrogen-bond donors (Lipinski definition) is 0. The summed E-state index contributed by atoms with van der Waals surface area (Å²) >= 11 is 0. The summed E-state index contributed by atoms with van der Waals surface area (Å²) in [6.07, 6.45) is 22.1. The minimum atomic E-state index is -5.17. The van der Waals surface area contributed by atoms with Gasteiger partial charge in [0.15, 0.2) is 0 Å². The average molecular weight is 597 g/mol. The summed E-state index contributed by atoms with van der Waals surface area (Å²) < 4.78 is 36.9. The molecule has 40 heavy (non-hydrogen) atoms. The van der Waals surface area contributed by atoms with Crippen LogP contribution < -0.4 is 0 Å². The van der Waals surface area contributed by atoms with Crippen molar-refractivity contribution >= 4 is 10.4 Å². The predicted octanol–water partition coefficient (Wildman–Crippen LogP) is 9.31. The summed E-state index contributed by atoms with van der Waals surface area (Å²) in [7, 11) is -5.17. The molecule has 0 aromatic carbocycles. The van der Waals surface area contributed by atoms with E-state index in [1.807, 2.05) is 0 Å². The molecule has 0 saturated heterocycles. The third-order valence-corrected chi connectivity index (χ3v) is 7.89. The van der Waals surface area contributed by atoms with Gasteiger partial charge in [0.05, 0.1) is 52.4 Å². The summed E-state index contributed by atoms with van der Waals surface area (Å²) in [5, 5.41) is 0. The number of quaternary nitrogens is 2. The molecule has 0 aliphatic rings. The van der Waals surface area contributed by atoms with Crippen LogP contribution in [-0.4, -0.2) is 78.8 Å². The zero-order chi connectivity index (χ0) is 30.5. The Morgan fingerprint density at radius 1 is 0.375 bits per heavy atom. The standard InChI is InChI=1S/2C16H36N.CH4.H2O4S/c2*1-5-9-13-17(14-10-6-2,15-11-7-3)16-12-8-4;;1-5(2,3)4/h2*5-16H2,1-4H3;1H4;(H2,1,2,3,4)/q2*+1;;/p-2. The monoisotopic (exact) mass is 597 g/mol. The highest BCUT2D eigenvalue weighted by atomic mass is 32.3. The Balaban J connectivity index is -0.000000271. The Labute approximate surface area is 254 Å². The molecule has 0 aromatic rings. The Morgan fingerprint density at radius 3 is 0.550 bits per heavy atom. The second-order valence-electron chi connectivity index (χ2n) is 11.7. The molecule has 0 aliphatic carbocycles. The molecule has 0 N–H and O–H groups in total. The molecule has 0 aliphatic heterocycles. The zero-order valence-corrected chi connectivity index (χ0v) is 28.7. The fourth-order valence-electron chi connectivity index (χ4n) is 5.29. The third kappa shape index (κ3) is 32.3. The van der Waals surface area contributed by atoms with Gasteiger partial charge in [0.2, 0.25) is 0 Å². The van der Waals surface area contributed by atoms with Gasteiger partial charge in [-0.25, -0.2) is 0 Å². The van der Waals surface area contributed by atoms with E-state index in [4.69, 9.17) is 17.5 Å². The first-order valence-electron chi connectivity index (χ1n) is 16.9. The second kappa shape index (κ2) is 31.7. The lowest BCUT2D eigenvalue weighted by Crippen LogP contribution is -2.50. The van der Waals surface area contributed by atoms with E-state index in [1.54, 1.807) is 0 Å². The van der Waals surface area contributed by atoms with Crippen molar-refractivity contribution in [1.29, 1.82) is 0 Å². The first-order valence-corrected chi connectivity index (χ1v) is 18.2. The summed E-state index contributed by atoms with van der Waals surface area (Å²) in [6.45, 7) is 30.0. The van der Waals surface area contributed by atoms with Gasteiger partial charge >= 0.3 is 0 Å². The number of rotatable bonds is 24. The molecule has 0 amide bonds. The molecule has 0 unspecified atom stereocenters. The van der Waals surface area contributed by atoms with Gasteiger partial charge in [-0.05, 0) is 51.4 Å². The van der Waals surface area contributed by atoms with Crippen molar-refractivity contribution in [3.8, 4) is 0 Å². The van der Waals surface area contributed by atoms with Gasteiger partial charge < -0.3 is 18.1 Å². The minimum absolute atomic E-state index is 0. The molecule has 0 atom stereocenters. The fourth-order valence-corrected chi connectivity index (χ4v) is 5.29. The molecule has 248 valence electrons. The summed E-state index contributed by atoms with van der Waals surface area (Å²) in [5.74, 6) is 0. The smallest absolute Gasteiger partial charge is 0.0786 e. The zero-order valence-electron chi connectivity index (χ0n) is 27.9. The predicted molar refractivity (Wildman–Crippen MR) is 176 cm³/mol. The van der Waals surface area contributed by atoms with Crippen molar-refractivity contribution in [2.24, 2.45) is 0 Å². The van der Waals surface area contributed by atoms with Crippen molar-refractivity contribution in [3.63, 3.8) is 0 Å². The maximum absolute atomic E-state index is 8.52. The molecule has 0 saturated carbocycles. The van der Waals surface area contributed by atoms with Crippen molar-refractivity contribution in [2.75, 3.05) is 52.4 Å². The first kappa shape index (κ1) is 46.7. The molecule has 0 rings (SSSR count). The van der Waals surface area contributed by atoms with Crippen molar-refractivity contribution in [1.82, 2.24) is 0 Å². The van der Waals surface area contributed by atoms with Crippen LogP contribution in [0.3, 0.4) is 0 Å². The molecule has 6 nitrogen and oxygen atoms in total. The Bertz CT molecular complexity index is 466. The first-order chi connectivity index (χ1) is 18.5. The molecule has 0 spiro atoms. The second-order valence-corrected chi connectivity index (χ2v) is 12.5. The van der Waals surface area contributed by atoms with E-state index in [0.717, 1.165) is 0 Å². The lowest BCUT2D eigenvalue weighted by Gasteiger charge is -2.39. The SMILES string of the molecule is C.CCCC[N+](CCCC)(CCCC)CCCC.CCCC[N+](CCCC)(CCCC)CCCC.O=S(=O)([O-])[O-]. The Morgan fingerprint density at radius 2 is 0.475 bits per heavy atom. The van der Waals surface area contributed by atoms with E-state index in [-0.39, 0.29) is 7.43 Å². The van der Waals surface area contributed by atoms with E-state index in [1.165, 1.54) is 164 Å². The Kier molecular flexibility index (Phi) is 37.1. The maximum atomic E-state index is 8.52. The molecular formula is C33H76N2O4S. The van der Waals surface area contributed by atoms with Gasteiger partial charge in [-0.1, -0.05) is 114 Å². The lowest BCUT2D eigenvalue weighted by molar-refractivity contribution is -0.929. The highest BCUT2D eigenvalue weighted by Crippen LogP contribution is 2.17. The van der Waals surface area contributed by atoms with Crippen LogP contribution >= 0.6 is 0 Å². The highest BCUT2D eigenvalue weighted by molar-refractivity contribution is 7.79. The van der Waals surface area contributed by atoms with Crippen LogP contribution in [0.5, 0.6) is 0 Å². The molecule has 7 heteroatoms. The Hall–Kier alpha value is -0.210. The van der Waals surface area contributed by atoms with E-state index in [9.17, 15) is 0 Å². The van der Waals surface area contributed by atoms with Gasteiger partial charge in [-0.3, -0.25) is 8.42 Å². The molecule has 0 radical (unpaired) electrons. The van der Waals surface area contributed by atoms with Crippen LogP contribution in [0, 0.1) is 0 Å². The summed E-state index contributed by atoms with van der Waals surface area (Å²) in [5.41, 5.74) is 0. The van der Waals surface area contributed by atoms with E-state index in [2.05, 4.69) is 55.4 Å². The summed E-state index contributed by atoms with van der Waals surface area (Å²) in [4.78, 5) is 0. The molecule has 0 bridgehead atoms. The number of unbranched alkanes of at least 4 members (excludes halogenated alkanes) is 8. The van der Waals surface area contributed by atoms with Gasteiger partial charge in [-0.15, -0.1) is 0 Å². The highest BCUT2D eigenvalue weighted by Gasteiger charge is 2.25. The maximum Gasteiger partial charge on any atom is 0.0786 e. The van der Waals surface area contributed by atoms with Crippen molar-refractivity contribution in [3.05, 3.63) is 0 Å². The normalized spacial score (nSPS) is 11.7. The largest absolute Gasteiger partial charge is 0.759 e. The van der Waals surface area contributed by atoms with Crippen molar-refractivity contribution < 1.29 is 26.5 Å². The van der Waals surface area contributed by atoms with Gasteiger partial charge in [-0.2, -0.15) is 0 Å². The van der Waals surface area contributed by atoms with Gasteiger partial charge in [0.25, 0.3) is 0 Å². The lowest BCUT2D eigenvalue weighted by atomic mass is 10.1. The van der Waals surface area contributed by atoms with Crippen LogP contribution in [0.25, 0.3) is 0 Å². The molecule has 0 fully saturated rings. The number of hydrogen-bond acceptors (Lipinski definition) is 4. The van der Waals surface area contributed by atoms with Crippen LogP contribution in [-0.2, 0) is 10.4 Å².